The lowest BCUT2D eigenvalue weighted by Crippen LogP contribution is -2.42. The van der Waals surface area contributed by atoms with Crippen molar-refractivity contribution in [3.63, 3.8) is 0 Å². The highest BCUT2D eigenvalue weighted by molar-refractivity contribution is 7.89. The van der Waals surface area contributed by atoms with E-state index < -0.39 is 21.7 Å². The average molecular weight is 551 g/mol. The second kappa shape index (κ2) is 11.9. The molecule has 0 atom stereocenters. The van der Waals surface area contributed by atoms with Gasteiger partial charge >= 0.3 is 0 Å². The van der Waals surface area contributed by atoms with Gasteiger partial charge in [-0.3, -0.25) is 9.59 Å². The van der Waals surface area contributed by atoms with Crippen molar-refractivity contribution < 1.29 is 22.4 Å². The van der Waals surface area contributed by atoms with Crippen LogP contribution in [-0.2, 0) is 14.8 Å². The Bertz CT molecular complexity index is 1510. The van der Waals surface area contributed by atoms with E-state index in [1.165, 1.54) is 22.5 Å². The van der Waals surface area contributed by atoms with Crippen LogP contribution in [0.25, 0.3) is 0 Å². The molecule has 0 spiro atoms. The number of carbonyl (C=O) groups is 2. The Morgan fingerprint density at radius 1 is 0.923 bits per heavy atom. The van der Waals surface area contributed by atoms with E-state index in [9.17, 15) is 22.4 Å². The minimum Gasteiger partial charge on any atom is -0.322 e. The third kappa shape index (κ3) is 6.76. The van der Waals surface area contributed by atoms with Gasteiger partial charge in [-0.25, -0.2) is 18.2 Å². The maximum absolute atomic E-state index is 13.4. The second-order valence-electron chi connectivity index (χ2n) is 9.64. The van der Waals surface area contributed by atoms with Gasteiger partial charge in [0.2, 0.25) is 15.9 Å². The lowest BCUT2D eigenvalue weighted by atomic mass is 9.98. The molecule has 0 radical (unpaired) electrons. The van der Waals surface area contributed by atoms with Crippen LogP contribution in [0.2, 0.25) is 0 Å². The van der Waals surface area contributed by atoms with Gasteiger partial charge in [-0.2, -0.15) is 9.41 Å². The molecule has 1 heterocycles. The van der Waals surface area contributed by atoms with E-state index in [1.54, 1.807) is 49.4 Å². The summed E-state index contributed by atoms with van der Waals surface area (Å²) < 4.78 is 40.9. The van der Waals surface area contributed by atoms with E-state index in [-0.39, 0.29) is 35.4 Å². The SMILES string of the molecule is C/C(=N\NC(=O)C1CCN(S(=O)(=O)c2ccc(C)c(C)c2)CC1)c1ccc(NC(=O)c2cccc(F)c2)cc1. The summed E-state index contributed by atoms with van der Waals surface area (Å²) in [6.45, 7) is 6.09. The average Bonchev–Trinajstić information content (AvgIpc) is 2.93. The minimum atomic E-state index is -3.61. The van der Waals surface area contributed by atoms with Gasteiger partial charge in [-0.1, -0.05) is 24.3 Å². The first-order valence-corrected chi connectivity index (χ1v) is 14.1. The van der Waals surface area contributed by atoms with Gasteiger partial charge in [-0.05, 0) is 92.8 Å². The summed E-state index contributed by atoms with van der Waals surface area (Å²) in [4.78, 5) is 25.3. The summed E-state index contributed by atoms with van der Waals surface area (Å²) in [5.41, 5.74) is 6.61. The van der Waals surface area contributed by atoms with E-state index >= 15 is 0 Å². The first-order chi connectivity index (χ1) is 18.5. The highest BCUT2D eigenvalue weighted by Crippen LogP contribution is 2.25. The van der Waals surface area contributed by atoms with Crippen LogP contribution in [0.4, 0.5) is 10.1 Å². The number of aryl methyl sites for hydroxylation is 2. The number of hydrogen-bond donors (Lipinski definition) is 2. The van der Waals surface area contributed by atoms with E-state index in [4.69, 9.17) is 0 Å². The van der Waals surface area contributed by atoms with Crippen LogP contribution in [0.3, 0.4) is 0 Å². The molecular weight excluding hydrogens is 519 g/mol. The van der Waals surface area contributed by atoms with Gasteiger partial charge < -0.3 is 5.32 Å². The number of hydrazone groups is 1. The van der Waals surface area contributed by atoms with E-state index in [2.05, 4.69) is 15.8 Å². The molecule has 0 unspecified atom stereocenters. The van der Waals surface area contributed by atoms with Crippen LogP contribution in [0, 0.1) is 25.6 Å². The van der Waals surface area contributed by atoms with Crippen molar-refractivity contribution in [3.8, 4) is 0 Å². The van der Waals surface area contributed by atoms with Gasteiger partial charge in [0, 0.05) is 30.3 Å². The molecule has 10 heteroatoms. The number of sulfonamides is 1. The largest absolute Gasteiger partial charge is 0.322 e. The molecule has 0 aromatic heterocycles. The van der Waals surface area contributed by atoms with Crippen LogP contribution in [-0.4, -0.2) is 43.3 Å². The fraction of sp³-hybridized carbons (Fsp3) is 0.276. The Hall–Kier alpha value is -3.89. The van der Waals surface area contributed by atoms with E-state index in [0.717, 1.165) is 22.8 Å². The highest BCUT2D eigenvalue weighted by Gasteiger charge is 2.32. The van der Waals surface area contributed by atoms with Crippen molar-refractivity contribution in [1.82, 2.24) is 9.73 Å². The summed E-state index contributed by atoms with van der Waals surface area (Å²) in [5.74, 6) is -1.50. The molecule has 4 rings (SSSR count). The molecule has 39 heavy (non-hydrogen) atoms. The van der Waals surface area contributed by atoms with Crippen molar-refractivity contribution in [3.05, 3.63) is 94.8 Å². The summed E-state index contributed by atoms with van der Waals surface area (Å²) >= 11 is 0. The fourth-order valence-corrected chi connectivity index (χ4v) is 5.86. The molecule has 2 amide bonds. The van der Waals surface area contributed by atoms with Crippen molar-refractivity contribution in [1.29, 1.82) is 0 Å². The van der Waals surface area contributed by atoms with Gasteiger partial charge in [0.15, 0.2) is 0 Å². The van der Waals surface area contributed by atoms with Crippen LogP contribution in [0.1, 0.15) is 46.8 Å². The van der Waals surface area contributed by atoms with Gasteiger partial charge in [0.1, 0.15) is 5.82 Å². The number of hydrogen-bond acceptors (Lipinski definition) is 5. The zero-order valence-corrected chi connectivity index (χ0v) is 22.9. The number of benzene rings is 3. The van der Waals surface area contributed by atoms with Crippen LogP contribution in [0.5, 0.6) is 0 Å². The molecule has 3 aromatic rings. The van der Waals surface area contributed by atoms with Crippen LogP contribution < -0.4 is 10.7 Å². The number of piperidine rings is 1. The normalized spacial score (nSPS) is 15.1. The molecular formula is C29H31FN4O4S. The van der Waals surface area contributed by atoms with E-state index in [1.807, 2.05) is 13.8 Å². The minimum absolute atomic E-state index is 0.216. The van der Waals surface area contributed by atoms with E-state index in [0.29, 0.717) is 24.2 Å². The smallest absolute Gasteiger partial charge is 0.255 e. The highest BCUT2D eigenvalue weighted by atomic mass is 32.2. The third-order valence-electron chi connectivity index (χ3n) is 6.92. The lowest BCUT2D eigenvalue weighted by molar-refractivity contribution is -0.126. The fourth-order valence-electron chi connectivity index (χ4n) is 4.30. The Kier molecular flexibility index (Phi) is 8.57. The van der Waals surface area contributed by atoms with Crippen LogP contribution in [0.15, 0.2) is 76.7 Å². The molecule has 8 nitrogen and oxygen atoms in total. The topological polar surface area (TPSA) is 108 Å². The van der Waals surface area contributed by atoms with Gasteiger partial charge in [-0.15, -0.1) is 0 Å². The van der Waals surface area contributed by atoms with Gasteiger partial charge in [0.25, 0.3) is 5.91 Å². The maximum atomic E-state index is 13.4. The number of nitrogens with zero attached hydrogens (tertiary/aromatic N) is 2. The van der Waals surface area contributed by atoms with Crippen molar-refractivity contribution in [2.24, 2.45) is 11.0 Å². The molecule has 204 valence electrons. The molecule has 0 aliphatic carbocycles. The number of amides is 2. The molecule has 1 fully saturated rings. The zero-order valence-electron chi connectivity index (χ0n) is 22.1. The van der Waals surface area contributed by atoms with Crippen LogP contribution >= 0.6 is 0 Å². The maximum Gasteiger partial charge on any atom is 0.255 e. The molecule has 0 bridgehead atoms. The molecule has 1 saturated heterocycles. The predicted octanol–water partition coefficient (Wildman–Crippen LogP) is 4.64. The molecule has 3 aromatic carbocycles. The first kappa shape index (κ1) is 28.1. The summed E-state index contributed by atoms with van der Waals surface area (Å²) in [7, 11) is -3.61. The first-order valence-electron chi connectivity index (χ1n) is 12.6. The number of anilines is 1. The summed E-state index contributed by atoms with van der Waals surface area (Å²) in [6.07, 6.45) is 0.814. The van der Waals surface area contributed by atoms with Crippen molar-refractivity contribution in [2.75, 3.05) is 18.4 Å². The Morgan fingerprint density at radius 3 is 2.26 bits per heavy atom. The number of halogens is 1. The van der Waals surface area contributed by atoms with Crippen molar-refractivity contribution in [2.45, 2.75) is 38.5 Å². The zero-order chi connectivity index (χ0) is 28.2. The standard InChI is InChI=1S/C29H31FN4O4S/c1-19-7-12-27(17-20(19)2)39(37,38)34-15-13-23(14-16-34)29(36)33-32-21(3)22-8-10-26(11-9-22)31-28(35)24-5-4-6-25(30)18-24/h4-12,17-18,23H,13-16H2,1-3H3,(H,31,35)(H,33,36)/b32-21+. The monoisotopic (exact) mass is 550 g/mol. The Morgan fingerprint density at radius 2 is 1.62 bits per heavy atom. The molecule has 1 aliphatic heterocycles. The third-order valence-corrected chi connectivity index (χ3v) is 8.82. The number of rotatable bonds is 7. The predicted molar refractivity (Wildman–Crippen MR) is 149 cm³/mol. The lowest BCUT2D eigenvalue weighted by Gasteiger charge is -2.30. The summed E-state index contributed by atoms with van der Waals surface area (Å²) in [5, 5.41) is 6.92. The number of carbonyl (C=O) groups excluding carboxylic acids is 2. The molecule has 1 aliphatic rings. The number of nitrogens with one attached hydrogen (secondary N) is 2. The summed E-state index contributed by atoms with van der Waals surface area (Å²) in [6, 6.07) is 17.4. The quantitative estimate of drug-likeness (QED) is 0.330. The molecule has 2 N–H and O–H groups in total. The molecule has 0 saturated carbocycles. The van der Waals surface area contributed by atoms with Crippen molar-refractivity contribution >= 4 is 33.2 Å². The second-order valence-corrected chi connectivity index (χ2v) is 11.6. The Labute approximate surface area is 228 Å². The Balaban J connectivity index is 1.30. The van der Waals surface area contributed by atoms with Gasteiger partial charge in [0.05, 0.1) is 10.6 Å².